The van der Waals surface area contributed by atoms with Gasteiger partial charge in [-0.15, -0.1) is 0 Å². The Labute approximate surface area is 144 Å². The predicted molar refractivity (Wildman–Crippen MR) is 90.8 cm³/mol. The van der Waals surface area contributed by atoms with Crippen molar-refractivity contribution in [2.45, 2.75) is 26.9 Å². The minimum atomic E-state index is -1.04. The summed E-state index contributed by atoms with van der Waals surface area (Å²) in [5.41, 5.74) is 1.73. The van der Waals surface area contributed by atoms with E-state index in [2.05, 4.69) is 5.32 Å². The highest BCUT2D eigenvalue weighted by atomic mass is 35.5. The van der Waals surface area contributed by atoms with E-state index in [0.717, 1.165) is 6.07 Å². The SMILES string of the molecule is Cc1ccc(C(=O)O[C@@H](C)C(=O)Nc2cccc(Cl)c2C)cc1F. The van der Waals surface area contributed by atoms with Gasteiger partial charge in [-0.05, 0) is 56.2 Å². The van der Waals surface area contributed by atoms with Crippen LogP contribution in [0.3, 0.4) is 0 Å². The van der Waals surface area contributed by atoms with E-state index in [1.165, 1.54) is 19.1 Å². The highest BCUT2D eigenvalue weighted by molar-refractivity contribution is 6.31. The van der Waals surface area contributed by atoms with Gasteiger partial charge in [-0.25, -0.2) is 9.18 Å². The van der Waals surface area contributed by atoms with E-state index < -0.39 is 23.8 Å². The van der Waals surface area contributed by atoms with Gasteiger partial charge in [0.15, 0.2) is 6.10 Å². The zero-order valence-electron chi connectivity index (χ0n) is 13.5. The van der Waals surface area contributed by atoms with Gasteiger partial charge < -0.3 is 10.1 Å². The molecule has 1 atom stereocenters. The number of carbonyl (C=O) groups excluding carboxylic acids is 2. The second-order valence-corrected chi connectivity index (χ2v) is 5.82. The van der Waals surface area contributed by atoms with Gasteiger partial charge in [0.1, 0.15) is 5.82 Å². The summed E-state index contributed by atoms with van der Waals surface area (Å²) in [5, 5.41) is 3.17. The molecule has 0 radical (unpaired) electrons. The van der Waals surface area contributed by atoms with Crippen molar-refractivity contribution in [1.29, 1.82) is 0 Å². The van der Waals surface area contributed by atoms with Crippen molar-refractivity contribution in [3.8, 4) is 0 Å². The molecule has 0 saturated carbocycles. The molecular weight excluding hydrogens is 333 g/mol. The molecule has 0 saturated heterocycles. The van der Waals surface area contributed by atoms with E-state index in [1.54, 1.807) is 32.0 Å². The largest absolute Gasteiger partial charge is 0.449 e. The third kappa shape index (κ3) is 4.11. The van der Waals surface area contributed by atoms with Gasteiger partial charge in [0, 0.05) is 10.7 Å². The number of halogens is 2. The molecule has 0 spiro atoms. The summed E-state index contributed by atoms with van der Waals surface area (Å²) >= 11 is 6.00. The third-order valence-corrected chi connectivity index (χ3v) is 4.00. The first-order chi connectivity index (χ1) is 11.3. The summed E-state index contributed by atoms with van der Waals surface area (Å²) in [4.78, 5) is 24.2. The molecule has 2 aromatic carbocycles. The maximum atomic E-state index is 13.5. The van der Waals surface area contributed by atoms with Crippen LogP contribution >= 0.6 is 11.6 Å². The van der Waals surface area contributed by atoms with E-state index in [1.807, 2.05) is 0 Å². The van der Waals surface area contributed by atoms with Crippen LogP contribution in [0.1, 0.15) is 28.4 Å². The van der Waals surface area contributed by atoms with Crippen LogP contribution in [0, 0.1) is 19.7 Å². The van der Waals surface area contributed by atoms with E-state index in [0.29, 0.717) is 21.8 Å². The smallest absolute Gasteiger partial charge is 0.339 e. The molecule has 0 unspecified atom stereocenters. The Morgan fingerprint density at radius 1 is 1.21 bits per heavy atom. The molecule has 126 valence electrons. The van der Waals surface area contributed by atoms with Crippen molar-refractivity contribution in [1.82, 2.24) is 0 Å². The molecule has 0 aliphatic heterocycles. The maximum absolute atomic E-state index is 13.5. The Balaban J connectivity index is 2.04. The lowest BCUT2D eigenvalue weighted by Crippen LogP contribution is -2.30. The predicted octanol–water partition coefficient (Wildman–Crippen LogP) is 4.28. The topological polar surface area (TPSA) is 55.4 Å². The van der Waals surface area contributed by atoms with Crippen LogP contribution in [-0.4, -0.2) is 18.0 Å². The zero-order valence-corrected chi connectivity index (χ0v) is 14.3. The molecule has 0 aliphatic rings. The van der Waals surface area contributed by atoms with Crippen LogP contribution < -0.4 is 5.32 Å². The first-order valence-corrected chi connectivity index (χ1v) is 7.70. The van der Waals surface area contributed by atoms with Crippen molar-refractivity contribution in [2.24, 2.45) is 0 Å². The summed E-state index contributed by atoms with van der Waals surface area (Å²) in [5.74, 6) is -1.77. The van der Waals surface area contributed by atoms with Crippen molar-refractivity contribution in [3.05, 3.63) is 63.9 Å². The molecule has 0 aromatic heterocycles. The number of amides is 1. The zero-order chi connectivity index (χ0) is 17.9. The molecule has 0 aliphatic carbocycles. The number of esters is 1. The number of carbonyl (C=O) groups is 2. The van der Waals surface area contributed by atoms with Gasteiger partial charge in [0.25, 0.3) is 5.91 Å². The van der Waals surface area contributed by atoms with Crippen LogP contribution in [0.2, 0.25) is 5.02 Å². The number of rotatable bonds is 4. The number of benzene rings is 2. The number of hydrogen-bond donors (Lipinski definition) is 1. The second-order valence-electron chi connectivity index (χ2n) is 5.41. The van der Waals surface area contributed by atoms with E-state index in [-0.39, 0.29) is 5.56 Å². The van der Waals surface area contributed by atoms with E-state index in [4.69, 9.17) is 16.3 Å². The minimum Gasteiger partial charge on any atom is -0.449 e. The number of aryl methyl sites for hydroxylation is 1. The molecule has 0 fully saturated rings. The van der Waals surface area contributed by atoms with Gasteiger partial charge in [-0.3, -0.25) is 4.79 Å². The highest BCUT2D eigenvalue weighted by Gasteiger charge is 2.20. The van der Waals surface area contributed by atoms with Crippen molar-refractivity contribution < 1.29 is 18.7 Å². The highest BCUT2D eigenvalue weighted by Crippen LogP contribution is 2.23. The summed E-state index contributed by atoms with van der Waals surface area (Å²) < 4.78 is 18.6. The molecule has 2 aromatic rings. The summed E-state index contributed by atoms with van der Waals surface area (Å²) in [6.07, 6.45) is -1.04. The number of anilines is 1. The van der Waals surface area contributed by atoms with Gasteiger partial charge in [0.2, 0.25) is 0 Å². The van der Waals surface area contributed by atoms with Crippen LogP contribution in [0.15, 0.2) is 36.4 Å². The lowest BCUT2D eigenvalue weighted by atomic mass is 10.1. The third-order valence-electron chi connectivity index (χ3n) is 3.59. The van der Waals surface area contributed by atoms with Crippen molar-refractivity contribution >= 4 is 29.2 Å². The maximum Gasteiger partial charge on any atom is 0.339 e. The lowest BCUT2D eigenvalue weighted by Gasteiger charge is -2.15. The Morgan fingerprint density at radius 2 is 1.92 bits per heavy atom. The standard InChI is InChI=1S/C18H17ClFNO3/c1-10-7-8-13(9-15(10)20)18(23)24-12(3)17(22)21-16-6-4-5-14(19)11(16)2/h4-9,12H,1-3H3,(H,21,22)/t12-/m0/s1. The second kappa shape index (κ2) is 7.45. The van der Waals surface area contributed by atoms with Crippen molar-refractivity contribution in [2.75, 3.05) is 5.32 Å². The summed E-state index contributed by atoms with van der Waals surface area (Å²) in [6, 6.07) is 9.13. The first-order valence-electron chi connectivity index (χ1n) is 7.32. The number of ether oxygens (including phenoxy) is 1. The van der Waals surface area contributed by atoms with Crippen LogP contribution in [0.5, 0.6) is 0 Å². The van der Waals surface area contributed by atoms with Gasteiger partial charge in [-0.2, -0.15) is 0 Å². The van der Waals surface area contributed by atoms with E-state index in [9.17, 15) is 14.0 Å². The molecular formula is C18H17ClFNO3. The molecule has 24 heavy (non-hydrogen) atoms. The monoisotopic (exact) mass is 349 g/mol. The number of hydrogen-bond acceptors (Lipinski definition) is 3. The fourth-order valence-electron chi connectivity index (χ4n) is 1.98. The van der Waals surface area contributed by atoms with Crippen LogP contribution in [0.25, 0.3) is 0 Å². The molecule has 0 bridgehead atoms. The average Bonchev–Trinajstić information content (AvgIpc) is 2.54. The lowest BCUT2D eigenvalue weighted by molar-refractivity contribution is -0.123. The van der Waals surface area contributed by atoms with Crippen molar-refractivity contribution in [3.63, 3.8) is 0 Å². The molecule has 1 N–H and O–H groups in total. The van der Waals surface area contributed by atoms with Crippen LogP contribution in [-0.2, 0) is 9.53 Å². The quantitative estimate of drug-likeness (QED) is 0.838. The average molecular weight is 350 g/mol. The van der Waals surface area contributed by atoms with Gasteiger partial charge >= 0.3 is 5.97 Å². The first kappa shape index (κ1) is 17.9. The Morgan fingerprint density at radius 3 is 2.58 bits per heavy atom. The Kier molecular flexibility index (Phi) is 5.57. The number of nitrogens with one attached hydrogen (secondary N) is 1. The Hall–Kier alpha value is -2.40. The molecule has 1 amide bonds. The fraction of sp³-hybridized carbons (Fsp3) is 0.222. The Bertz CT molecular complexity index is 792. The molecule has 0 heterocycles. The summed E-state index contributed by atoms with van der Waals surface area (Å²) in [7, 11) is 0. The van der Waals surface area contributed by atoms with Gasteiger partial charge in [0.05, 0.1) is 5.56 Å². The molecule has 2 rings (SSSR count). The van der Waals surface area contributed by atoms with Gasteiger partial charge in [-0.1, -0.05) is 23.7 Å². The normalized spacial score (nSPS) is 11.7. The van der Waals surface area contributed by atoms with E-state index >= 15 is 0 Å². The minimum absolute atomic E-state index is 0.0525. The van der Waals surface area contributed by atoms with Crippen LogP contribution in [0.4, 0.5) is 10.1 Å². The summed E-state index contributed by atoms with van der Waals surface area (Å²) in [6.45, 7) is 4.80. The molecule has 6 heteroatoms. The molecule has 4 nitrogen and oxygen atoms in total. The fourth-order valence-corrected chi connectivity index (χ4v) is 2.15.